The summed E-state index contributed by atoms with van der Waals surface area (Å²) in [6.07, 6.45) is 0. The van der Waals surface area contributed by atoms with Crippen molar-refractivity contribution in [1.29, 1.82) is 0 Å². The summed E-state index contributed by atoms with van der Waals surface area (Å²) in [5.41, 5.74) is 0.661. The predicted molar refractivity (Wildman–Crippen MR) is 86.7 cm³/mol. The molecule has 0 atom stereocenters. The summed E-state index contributed by atoms with van der Waals surface area (Å²) >= 11 is 1.13. The summed E-state index contributed by atoms with van der Waals surface area (Å²) in [5, 5.41) is 1.86. The third-order valence-corrected chi connectivity index (χ3v) is 3.86. The zero-order chi connectivity index (χ0) is 17.5. The lowest BCUT2D eigenvalue weighted by Crippen LogP contribution is -2.10. The number of esters is 2. The summed E-state index contributed by atoms with van der Waals surface area (Å²) in [4.78, 5) is 28.0. The van der Waals surface area contributed by atoms with Gasteiger partial charge < -0.3 is 18.9 Å². The van der Waals surface area contributed by atoms with Crippen LogP contribution >= 0.6 is 11.3 Å². The molecule has 128 valence electrons. The zero-order valence-electron chi connectivity index (χ0n) is 13.5. The molecule has 0 saturated carbocycles. The van der Waals surface area contributed by atoms with Gasteiger partial charge in [-0.2, -0.15) is 0 Å². The van der Waals surface area contributed by atoms with Gasteiger partial charge in [-0.15, -0.1) is 11.3 Å². The molecule has 1 aromatic carbocycles. The smallest absolute Gasteiger partial charge is 0.367 e. The Morgan fingerprint density at radius 2 is 1.75 bits per heavy atom. The van der Waals surface area contributed by atoms with Gasteiger partial charge in [-0.25, -0.2) is 14.6 Å². The van der Waals surface area contributed by atoms with Gasteiger partial charge in [0.15, 0.2) is 0 Å². The first-order valence-corrected chi connectivity index (χ1v) is 7.98. The van der Waals surface area contributed by atoms with Crippen LogP contribution in [0.1, 0.15) is 32.8 Å². The van der Waals surface area contributed by atoms with Crippen molar-refractivity contribution in [3.63, 3.8) is 0 Å². The number of aromatic nitrogens is 1. The van der Waals surface area contributed by atoms with Gasteiger partial charge in [0.25, 0.3) is 0 Å². The minimum Gasteiger partial charge on any atom is -0.496 e. The molecule has 0 aliphatic heterocycles. The Bertz CT molecular complexity index is 705. The molecule has 0 N–H and O–H groups in total. The van der Waals surface area contributed by atoms with Crippen molar-refractivity contribution in [1.82, 2.24) is 4.98 Å². The summed E-state index contributed by atoms with van der Waals surface area (Å²) in [6, 6.07) is 4.99. The van der Waals surface area contributed by atoms with Crippen molar-refractivity contribution >= 4 is 23.3 Å². The third-order valence-electron chi connectivity index (χ3n) is 2.98. The summed E-state index contributed by atoms with van der Waals surface area (Å²) in [5.74, 6) is -0.392. The molecule has 0 fully saturated rings. The molecule has 0 unspecified atom stereocenters. The van der Waals surface area contributed by atoms with E-state index < -0.39 is 11.9 Å². The maximum absolute atomic E-state index is 12.3. The van der Waals surface area contributed by atoms with Gasteiger partial charge in [-0.05, 0) is 19.1 Å². The molecule has 1 heterocycles. The highest BCUT2D eigenvalue weighted by Gasteiger charge is 2.20. The molecule has 0 radical (unpaired) electrons. The summed E-state index contributed by atoms with van der Waals surface area (Å²) < 4.78 is 20.4. The molecule has 0 aliphatic carbocycles. The van der Waals surface area contributed by atoms with Gasteiger partial charge in [-0.1, -0.05) is 6.07 Å². The average Bonchev–Trinajstić information content (AvgIpc) is 3.08. The first-order valence-electron chi connectivity index (χ1n) is 7.10. The largest absolute Gasteiger partial charge is 0.496 e. The summed E-state index contributed by atoms with van der Waals surface area (Å²) in [7, 11) is 2.91. The van der Waals surface area contributed by atoms with Crippen LogP contribution in [0.5, 0.6) is 11.5 Å². The Kier molecular flexibility index (Phi) is 6.14. The van der Waals surface area contributed by atoms with Crippen LogP contribution in [0.15, 0.2) is 23.6 Å². The molecule has 2 rings (SSSR count). The number of benzene rings is 1. The maximum atomic E-state index is 12.3. The number of carbonyl (C=O) groups is 2. The van der Waals surface area contributed by atoms with E-state index in [1.165, 1.54) is 14.2 Å². The van der Waals surface area contributed by atoms with Gasteiger partial charge in [0, 0.05) is 5.38 Å². The van der Waals surface area contributed by atoms with Gasteiger partial charge >= 0.3 is 11.9 Å². The quantitative estimate of drug-likeness (QED) is 0.709. The molecule has 0 saturated heterocycles. The van der Waals surface area contributed by atoms with Crippen LogP contribution < -0.4 is 9.47 Å². The minimum absolute atomic E-state index is 0.0735. The second kappa shape index (κ2) is 8.30. The van der Waals surface area contributed by atoms with Crippen LogP contribution in [0.2, 0.25) is 0 Å². The first-order chi connectivity index (χ1) is 11.6. The Labute approximate surface area is 143 Å². The lowest BCUT2D eigenvalue weighted by Gasteiger charge is -2.11. The van der Waals surface area contributed by atoms with Crippen molar-refractivity contribution in [2.75, 3.05) is 20.8 Å². The molecule has 24 heavy (non-hydrogen) atoms. The molecule has 1 aromatic heterocycles. The number of nitrogens with zero attached hydrogens (tertiary/aromatic N) is 1. The van der Waals surface area contributed by atoms with Crippen LogP contribution in [-0.4, -0.2) is 37.7 Å². The third kappa shape index (κ3) is 4.02. The van der Waals surface area contributed by atoms with E-state index in [4.69, 9.17) is 18.9 Å². The lowest BCUT2D eigenvalue weighted by atomic mass is 10.2. The highest BCUT2D eigenvalue weighted by atomic mass is 32.1. The van der Waals surface area contributed by atoms with E-state index in [1.807, 2.05) is 0 Å². The standard InChI is InChI=1S/C16H17NO6S/c1-4-22-16(19)14-17-10(9-24-14)8-23-15(18)13-11(20-2)6-5-7-12(13)21-3/h5-7,9H,4,8H2,1-3H3. The Morgan fingerprint density at radius 3 is 2.33 bits per heavy atom. The molecule has 7 nitrogen and oxygen atoms in total. The van der Waals surface area contributed by atoms with Gasteiger partial charge in [0.1, 0.15) is 23.7 Å². The minimum atomic E-state index is -0.602. The first kappa shape index (κ1) is 17.7. The monoisotopic (exact) mass is 351 g/mol. The van der Waals surface area contributed by atoms with Crippen molar-refractivity contribution in [3.8, 4) is 11.5 Å². The number of thiazole rings is 1. The number of ether oxygens (including phenoxy) is 4. The van der Waals surface area contributed by atoms with E-state index in [9.17, 15) is 9.59 Å². The van der Waals surface area contributed by atoms with Crippen LogP contribution in [0.3, 0.4) is 0 Å². The fourth-order valence-corrected chi connectivity index (χ4v) is 2.62. The number of hydrogen-bond donors (Lipinski definition) is 0. The van der Waals surface area contributed by atoms with Gasteiger partial charge in [0.05, 0.1) is 26.5 Å². The van der Waals surface area contributed by atoms with E-state index >= 15 is 0 Å². The van der Waals surface area contributed by atoms with E-state index in [0.29, 0.717) is 17.2 Å². The highest BCUT2D eigenvalue weighted by Crippen LogP contribution is 2.29. The second-order valence-electron chi connectivity index (χ2n) is 4.48. The van der Waals surface area contributed by atoms with Crippen molar-refractivity contribution < 1.29 is 28.5 Å². The van der Waals surface area contributed by atoms with E-state index in [0.717, 1.165) is 11.3 Å². The molecule has 0 spiro atoms. The van der Waals surface area contributed by atoms with Crippen LogP contribution in [-0.2, 0) is 16.1 Å². The maximum Gasteiger partial charge on any atom is 0.367 e. The number of hydrogen-bond acceptors (Lipinski definition) is 8. The molecular formula is C16H17NO6S. The van der Waals surface area contributed by atoms with Crippen molar-refractivity contribution in [2.45, 2.75) is 13.5 Å². The van der Waals surface area contributed by atoms with Gasteiger partial charge in [-0.3, -0.25) is 0 Å². The predicted octanol–water partition coefficient (Wildman–Crippen LogP) is 2.69. The van der Waals surface area contributed by atoms with E-state index in [-0.39, 0.29) is 23.8 Å². The lowest BCUT2D eigenvalue weighted by molar-refractivity contribution is 0.0461. The fraction of sp³-hybridized carbons (Fsp3) is 0.312. The van der Waals surface area contributed by atoms with E-state index in [2.05, 4.69) is 4.98 Å². The second-order valence-corrected chi connectivity index (χ2v) is 5.34. The van der Waals surface area contributed by atoms with Crippen molar-refractivity contribution in [2.24, 2.45) is 0 Å². The molecular weight excluding hydrogens is 334 g/mol. The molecule has 2 aromatic rings. The molecule has 0 amide bonds. The van der Waals surface area contributed by atoms with Crippen LogP contribution in [0.4, 0.5) is 0 Å². The Balaban J connectivity index is 2.08. The Hall–Kier alpha value is -2.61. The number of methoxy groups -OCH3 is 2. The molecule has 0 bridgehead atoms. The number of rotatable bonds is 7. The normalized spacial score (nSPS) is 10.1. The van der Waals surface area contributed by atoms with Crippen LogP contribution in [0.25, 0.3) is 0 Å². The SMILES string of the molecule is CCOC(=O)c1nc(COC(=O)c2c(OC)cccc2OC)cs1. The Morgan fingerprint density at radius 1 is 1.08 bits per heavy atom. The van der Waals surface area contributed by atoms with Gasteiger partial charge in [0.2, 0.25) is 5.01 Å². The topological polar surface area (TPSA) is 84.0 Å². The zero-order valence-corrected chi connectivity index (χ0v) is 14.3. The number of carbonyl (C=O) groups excluding carboxylic acids is 2. The average molecular weight is 351 g/mol. The van der Waals surface area contributed by atoms with E-state index in [1.54, 1.807) is 30.5 Å². The fourth-order valence-electron chi connectivity index (χ4n) is 1.92. The molecule has 0 aliphatic rings. The van der Waals surface area contributed by atoms with Crippen molar-refractivity contribution in [3.05, 3.63) is 39.8 Å². The molecule has 8 heteroatoms. The summed E-state index contributed by atoms with van der Waals surface area (Å²) in [6.45, 7) is 1.92. The van der Waals surface area contributed by atoms with Crippen LogP contribution in [0, 0.1) is 0 Å². The highest BCUT2D eigenvalue weighted by molar-refractivity contribution is 7.11.